The first-order chi connectivity index (χ1) is 6.45. The molecule has 0 aliphatic carbocycles. The fraction of sp³-hybridized carbons (Fsp3) is 0.167. The average Bonchev–Trinajstić information content (AvgIpc) is 2.08. The molecule has 0 aliphatic heterocycles. The zero-order valence-electron chi connectivity index (χ0n) is 6.38. The fourth-order valence-corrected chi connectivity index (χ4v) is 1.68. The summed E-state index contributed by atoms with van der Waals surface area (Å²) in [4.78, 5) is 13.0. The van der Waals surface area contributed by atoms with Gasteiger partial charge in [-0.25, -0.2) is 13.8 Å². The van der Waals surface area contributed by atoms with Gasteiger partial charge >= 0.3 is 5.69 Å². The smallest absolute Gasteiger partial charge is 0.258 e. The third kappa shape index (κ3) is 2.06. The first-order valence-corrected chi connectivity index (χ1v) is 4.80. The minimum Gasteiger partial charge on any atom is -0.258 e. The van der Waals surface area contributed by atoms with Crippen LogP contribution in [0.5, 0.6) is 0 Å². The summed E-state index contributed by atoms with van der Waals surface area (Å²) < 4.78 is 24.4. The minimum absolute atomic E-state index is 0.0344. The van der Waals surface area contributed by atoms with E-state index in [0.717, 1.165) is 6.20 Å². The Bertz CT molecular complexity index is 386. The highest BCUT2D eigenvalue weighted by atomic mass is 79.9. The van der Waals surface area contributed by atoms with E-state index >= 15 is 0 Å². The lowest BCUT2D eigenvalue weighted by Gasteiger charge is -2.03. The molecule has 0 saturated carbocycles. The van der Waals surface area contributed by atoms with E-state index in [1.165, 1.54) is 0 Å². The summed E-state index contributed by atoms with van der Waals surface area (Å²) in [6.07, 6.45) is -1.99. The molecule has 0 atom stereocenters. The third-order valence-electron chi connectivity index (χ3n) is 1.37. The summed E-state index contributed by atoms with van der Waals surface area (Å²) in [5.41, 5.74) is -0.885. The molecule has 1 heterocycles. The molecule has 0 aromatic carbocycles. The molecular formula is C6H2Br2F2N2O2. The van der Waals surface area contributed by atoms with Gasteiger partial charge in [0.25, 0.3) is 6.43 Å². The van der Waals surface area contributed by atoms with Crippen molar-refractivity contribution in [3.8, 4) is 0 Å². The highest BCUT2D eigenvalue weighted by Crippen LogP contribution is 2.36. The second-order valence-electron chi connectivity index (χ2n) is 2.21. The lowest BCUT2D eigenvalue weighted by atomic mass is 10.3. The maximum Gasteiger partial charge on any atom is 0.302 e. The van der Waals surface area contributed by atoms with E-state index in [1.54, 1.807) is 0 Å². The van der Waals surface area contributed by atoms with Gasteiger partial charge in [0.05, 0.1) is 9.40 Å². The van der Waals surface area contributed by atoms with E-state index in [0.29, 0.717) is 0 Å². The van der Waals surface area contributed by atoms with Crippen LogP contribution in [0, 0.1) is 10.1 Å². The van der Waals surface area contributed by atoms with Crippen molar-refractivity contribution in [3.05, 3.63) is 31.0 Å². The zero-order valence-corrected chi connectivity index (χ0v) is 9.55. The number of rotatable bonds is 2. The van der Waals surface area contributed by atoms with Gasteiger partial charge in [-0.05, 0) is 31.9 Å². The van der Waals surface area contributed by atoms with Gasteiger partial charge in [-0.2, -0.15) is 0 Å². The Morgan fingerprint density at radius 3 is 2.43 bits per heavy atom. The second-order valence-corrected chi connectivity index (χ2v) is 3.80. The molecule has 0 amide bonds. The molecule has 0 radical (unpaired) electrons. The molecule has 4 nitrogen and oxygen atoms in total. The van der Waals surface area contributed by atoms with Crippen LogP contribution in [0.3, 0.4) is 0 Å². The van der Waals surface area contributed by atoms with Crippen molar-refractivity contribution in [3.63, 3.8) is 0 Å². The number of pyridine rings is 1. The Morgan fingerprint density at radius 2 is 2.00 bits per heavy atom. The molecule has 0 aliphatic rings. The van der Waals surface area contributed by atoms with Crippen LogP contribution in [0.2, 0.25) is 0 Å². The molecule has 0 N–H and O–H groups in total. The molecule has 1 aromatic heterocycles. The molecule has 14 heavy (non-hydrogen) atoms. The standard InChI is InChI=1S/C6H2Br2F2N2O2/c7-3-2(12(13)14)1-11-5(4(3)8)6(9)10/h1,6H. The number of hydrogen-bond acceptors (Lipinski definition) is 3. The summed E-state index contributed by atoms with van der Waals surface area (Å²) in [7, 11) is 0. The van der Waals surface area contributed by atoms with Gasteiger partial charge in [0.1, 0.15) is 16.4 Å². The predicted octanol–water partition coefficient (Wildman–Crippen LogP) is 3.45. The zero-order chi connectivity index (χ0) is 10.9. The molecule has 1 aromatic rings. The van der Waals surface area contributed by atoms with Gasteiger partial charge in [0.15, 0.2) is 0 Å². The maximum atomic E-state index is 12.3. The number of nitrogens with zero attached hydrogens (tertiary/aromatic N) is 2. The predicted molar refractivity (Wildman–Crippen MR) is 51.2 cm³/mol. The highest BCUT2D eigenvalue weighted by Gasteiger charge is 2.22. The SMILES string of the molecule is O=[N+]([O-])c1cnc(C(F)F)c(Br)c1Br. The summed E-state index contributed by atoms with van der Waals surface area (Å²) >= 11 is 5.64. The molecular weight excluding hydrogens is 330 g/mol. The number of nitro groups is 1. The number of aromatic nitrogens is 1. The molecule has 76 valence electrons. The van der Waals surface area contributed by atoms with Crippen molar-refractivity contribution in [2.24, 2.45) is 0 Å². The van der Waals surface area contributed by atoms with Gasteiger partial charge in [-0.3, -0.25) is 10.1 Å². The quantitative estimate of drug-likeness (QED) is 0.616. The molecule has 0 unspecified atom stereocenters. The minimum atomic E-state index is -2.78. The van der Waals surface area contributed by atoms with Crippen molar-refractivity contribution in [2.45, 2.75) is 6.43 Å². The van der Waals surface area contributed by atoms with E-state index in [2.05, 4.69) is 36.8 Å². The van der Waals surface area contributed by atoms with Gasteiger partial charge in [0, 0.05) is 0 Å². The average molecular weight is 332 g/mol. The summed E-state index contributed by atoms with van der Waals surface area (Å²) in [5.74, 6) is 0. The molecule has 1 rings (SSSR count). The Labute approximate surface area is 93.7 Å². The van der Waals surface area contributed by atoms with Crippen LogP contribution in [0.4, 0.5) is 14.5 Å². The van der Waals surface area contributed by atoms with E-state index in [9.17, 15) is 18.9 Å². The summed E-state index contributed by atoms with van der Waals surface area (Å²) in [5, 5.41) is 10.4. The van der Waals surface area contributed by atoms with Gasteiger partial charge in [-0.15, -0.1) is 0 Å². The summed E-state index contributed by atoms with van der Waals surface area (Å²) in [6.45, 7) is 0. The molecule has 0 saturated heterocycles. The number of alkyl halides is 2. The maximum absolute atomic E-state index is 12.3. The van der Waals surface area contributed by atoms with Crippen LogP contribution in [0.15, 0.2) is 15.1 Å². The van der Waals surface area contributed by atoms with E-state index in [1.807, 2.05) is 0 Å². The van der Waals surface area contributed by atoms with E-state index < -0.39 is 17.0 Å². The lowest BCUT2D eigenvalue weighted by molar-refractivity contribution is -0.386. The van der Waals surface area contributed by atoms with Crippen LogP contribution in [-0.2, 0) is 0 Å². The first-order valence-electron chi connectivity index (χ1n) is 3.21. The van der Waals surface area contributed by atoms with Gasteiger partial charge in [0.2, 0.25) is 0 Å². The topological polar surface area (TPSA) is 56.0 Å². The van der Waals surface area contributed by atoms with Gasteiger partial charge in [-0.1, -0.05) is 0 Å². The van der Waals surface area contributed by atoms with Crippen molar-refractivity contribution in [1.29, 1.82) is 0 Å². The number of hydrogen-bond donors (Lipinski definition) is 0. The van der Waals surface area contributed by atoms with Crippen molar-refractivity contribution < 1.29 is 13.7 Å². The highest BCUT2D eigenvalue weighted by molar-refractivity contribution is 9.13. The van der Waals surface area contributed by atoms with E-state index in [-0.39, 0.29) is 14.6 Å². The summed E-state index contributed by atoms with van der Waals surface area (Å²) in [6, 6.07) is 0. The Kier molecular flexibility index (Phi) is 3.48. The normalized spacial score (nSPS) is 10.6. The van der Waals surface area contributed by atoms with Crippen LogP contribution in [-0.4, -0.2) is 9.91 Å². The largest absolute Gasteiger partial charge is 0.302 e. The Morgan fingerprint density at radius 1 is 1.43 bits per heavy atom. The monoisotopic (exact) mass is 330 g/mol. The van der Waals surface area contributed by atoms with Crippen LogP contribution in [0.1, 0.15) is 12.1 Å². The Hall–Kier alpha value is -0.630. The molecule has 0 fully saturated rings. The van der Waals surface area contributed by atoms with Crippen LogP contribution in [0.25, 0.3) is 0 Å². The van der Waals surface area contributed by atoms with E-state index in [4.69, 9.17) is 0 Å². The van der Waals surface area contributed by atoms with Crippen molar-refractivity contribution in [2.75, 3.05) is 0 Å². The third-order valence-corrected chi connectivity index (χ3v) is 3.51. The lowest BCUT2D eigenvalue weighted by Crippen LogP contribution is -1.97. The molecule has 0 bridgehead atoms. The number of halogens is 4. The van der Waals surface area contributed by atoms with Crippen molar-refractivity contribution >= 4 is 37.5 Å². The van der Waals surface area contributed by atoms with Crippen LogP contribution < -0.4 is 0 Å². The van der Waals surface area contributed by atoms with Gasteiger partial charge < -0.3 is 0 Å². The molecule has 0 spiro atoms. The Balaban J connectivity index is 3.33. The van der Waals surface area contributed by atoms with Crippen LogP contribution >= 0.6 is 31.9 Å². The molecule has 8 heteroatoms. The van der Waals surface area contributed by atoms with Crippen molar-refractivity contribution in [1.82, 2.24) is 4.98 Å². The first kappa shape index (κ1) is 11.4. The second kappa shape index (κ2) is 4.26. The fourth-order valence-electron chi connectivity index (χ4n) is 0.748.